The maximum Gasteiger partial charge on any atom is 0.271 e. The van der Waals surface area contributed by atoms with Gasteiger partial charge in [-0.25, -0.2) is 9.37 Å². The van der Waals surface area contributed by atoms with E-state index in [0.29, 0.717) is 24.7 Å². The van der Waals surface area contributed by atoms with Crippen molar-refractivity contribution in [2.75, 3.05) is 19.6 Å². The molecular weight excluding hydrogens is 295 g/mol. The van der Waals surface area contributed by atoms with Gasteiger partial charge in [-0.05, 0) is 31.9 Å². The molecule has 1 aromatic carbocycles. The van der Waals surface area contributed by atoms with E-state index in [9.17, 15) is 9.18 Å². The molecule has 1 aliphatic heterocycles. The average Bonchev–Trinajstić information content (AvgIpc) is 3.16. The highest BCUT2D eigenvalue weighted by molar-refractivity contribution is 5.93. The molecule has 1 atom stereocenters. The van der Waals surface area contributed by atoms with Crippen LogP contribution in [0, 0.1) is 18.7 Å². The lowest BCUT2D eigenvalue weighted by Gasteiger charge is -2.16. The predicted octanol–water partition coefficient (Wildman–Crippen LogP) is 2.11. The van der Waals surface area contributed by atoms with Gasteiger partial charge in [-0.1, -0.05) is 18.2 Å². The number of benzene rings is 1. The van der Waals surface area contributed by atoms with Crippen molar-refractivity contribution in [1.29, 1.82) is 0 Å². The zero-order valence-electron chi connectivity index (χ0n) is 13.2. The topological polar surface area (TPSA) is 61.0 Å². The minimum atomic E-state index is -0.154. The Bertz CT molecular complexity index is 685. The molecule has 0 bridgehead atoms. The minimum Gasteiger partial charge on any atom is -0.350 e. The van der Waals surface area contributed by atoms with E-state index in [1.807, 2.05) is 19.1 Å². The van der Waals surface area contributed by atoms with Crippen LogP contribution in [0.25, 0.3) is 0 Å². The second-order valence-electron chi connectivity index (χ2n) is 6.07. The summed E-state index contributed by atoms with van der Waals surface area (Å²) >= 11 is 0. The van der Waals surface area contributed by atoms with Crippen molar-refractivity contribution in [1.82, 2.24) is 20.2 Å². The molecule has 0 saturated carbocycles. The fraction of sp³-hybridized carbons (Fsp3) is 0.412. The second kappa shape index (κ2) is 6.91. The lowest BCUT2D eigenvalue weighted by atomic mass is 10.1. The number of hydrogen-bond acceptors (Lipinski definition) is 3. The molecule has 1 unspecified atom stereocenters. The molecule has 2 N–H and O–H groups in total. The maximum atomic E-state index is 13.7. The van der Waals surface area contributed by atoms with Crippen molar-refractivity contribution in [3.8, 4) is 0 Å². The summed E-state index contributed by atoms with van der Waals surface area (Å²) in [7, 11) is 0. The molecule has 1 saturated heterocycles. The molecule has 1 fully saturated rings. The van der Waals surface area contributed by atoms with Crippen LogP contribution in [0.2, 0.25) is 0 Å². The molecule has 2 heterocycles. The smallest absolute Gasteiger partial charge is 0.271 e. The number of carbonyl (C=O) groups is 1. The van der Waals surface area contributed by atoms with E-state index in [4.69, 9.17) is 0 Å². The number of H-pyrrole nitrogens is 1. The highest BCUT2D eigenvalue weighted by Gasteiger charge is 2.24. The third-order valence-electron chi connectivity index (χ3n) is 4.32. The first-order chi connectivity index (χ1) is 11.1. The Morgan fingerprint density at radius 3 is 3.04 bits per heavy atom. The van der Waals surface area contributed by atoms with Crippen LogP contribution in [0.1, 0.15) is 28.2 Å². The van der Waals surface area contributed by atoms with Gasteiger partial charge in [-0.3, -0.25) is 9.69 Å². The number of amides is 1. The van der Waals surface area contributed by atoms with E-state index in [-0.39, 0.29) is 11.7 Å². The number of nitrogens with one attached hydrogen (secondary N) is 2. The molecule has 5 nitrogen and oxygen atoms in total. The Labute approximate surface area is 134 Å². The van der Waals surface area contributed by atoms with E-state index in [1.54, 1.807) is 6.07 Å². The summed E-state index contributed by atoms with van der Waals surface area (Å²) in [6.45, 7) is 4.87. The molecule has 1 amide bonds. The predicted molar refractivity (Wildman–Crippen MR) is 85.4 cm³/mol. The molecule has 122 valence electrons. The second-order valence-corrected chi connectivity index (χ2v) is 6.07. The number of aryl methyl sites for hydroxylation is 1. The number of halogens is 1. The van der Waals surface area contributed by atoms with Gasteiger partial charge in [0.15, 0.2) is 0 Å². The number of hydrogen-bond donors (Lipinski definition) is 2. The first-order valence-corrected chi connectivity index (χ1v) is 7.87. The first-order valence-electron chi connectivity index (χ1n) is 7.87. The molecule has 0 aliphatic carbocycles. The SMILES string of the molecule is Cc1[nH]cnc1C(=O)NCC1CCN(Cc2ccccc2F)C1. The molecule has 1 aliphatic rings. The Morgan fingerprint density at radius 1 is 1.48 bits per heavy atom. The van der Waals surface area contributed by atoms with Gasteiger partial charge in [-0.2, -0.15) is 0 Å². The summed E-state index contributed by atoms with van der Waals surface area (Å²) in [4.78, 5) is 21.2. The van der Waals surface area contributed by atoms with Crippen LogP contribution >= 0.6 is 0 Å². The highest BCUT2D eigenvalue weighted by atomic mass is 19.1. The summed E-state index contributed by atoms with van der Waals surface area (Å²) in [5.74, 6) is 0.0968. The number of carbonyl (C=O) groups excluding carboxylic acids is 1. The highest BCUT2D eigenvalue weighted by Crippen LogP contribution is 2.19. The van der Waals surface area contributed by atoms with E-state index in [2.05, 4.69) is 20.2 Å². The fourth-order valence-corrected chi connectivity index (χ4v) is 3.00. The van der Waals surface area contributed by atoms with E-state index in [1.165, 1.54) is 12.4 Å². The van der Waals surface area contributed by atoms with Crippen molar-refractivity contribution in [3.05, 3.63) is 53.4 Å². The van der Waals surface area contributed by atoms with Gasteiger partial charge in [0, 0.05) is 30.9 Å². The van der Waals surface area contributed by atoms with Gasteiger partial charge in [0.1, 0.15) is 11.5 Å². The number of rotatable bonds is 5. The quantitative estimate of drug-likeness (QED) is 0.888. The van der Waals surface area contributed by atoms with E-state index < -0.39 is 0 Å². The number of imidazole rings is 1. The van der Waals surface area contributed by atoms with Crippen LogP contribution in [0.4, 0.5) is 4.39 Å². The number of aromatic amines is 1. The van der Waals surface area contributed by atoms with Crippen LogP contribution in [-0.2, 0) is 6.54 Å². The van der Waals surface area contributed by atoms with Gasteiger partial charge < -0.3 is 10.3 Å². The van der Waals surface area contributed by atoms with Crippen molar-refractivity contribution in [2.24, 2.45) is 5.92 Å². The largest absolute Gasteiger partial charge is 0.350 e. The zero-order chi connectivity index (χ0) is 16.2. The van der Waals surface area contributed by atoms with Crippen molar-refractivity contribution in [3.63, 3.8) is 0 Å². The third kappa shape index (κ3) is 3.76. The van der Waals surface area contributed by atoms with Gasteiger partial charge in [0.2, 0.25) is 0 Å². The summed E-state index contributed by atoms with van der Waals surface area (Å²) in [5.41, 5.74) is 1.95. The van der Waals surface area contributed by atoms with Crippen molar-refractivity contribution < 1.29 is 9.18 Å². The average molecular weight is 316 g/mol. The molecule has 23 heavy (non-hydrogen) atoms. The lowest BCUT2D eigenvalue weighted by molar-refractivity contribution is 0.0942. The third-order valence-corrected chi connectivity index (χ3v) is 4.32. The standard InChI is InChI=1S/C17H21FN4O/c1-12-16(21-11-20-12)17(23)19-8-13-6-7-22(9-13)10-14-4-2-3-5-15(14)18/h2-5,11,13H,6-10H2,1H3,(H,19,23)(H,20,21). The van der Waals surface area contributed by atoms with Crippen LogP contribution in [0.5, 0.6) is 0 Å². The molecule has 1 aromatic heterocycles. The monoisotopic (exact) mass is 316 g/mol. The Hall–Kier alpha value is -2.21. The summed E-state index contributed by atoms with van der Waals surface area (Å²) in [6, 6.07) is 6.89. The Morgan fingerprint density at radius 2 is 2.30 bits per heavy atom. The van der Waals surface area contributed by atoms with E-state index >= 15 is 0 Å². The zero-order valence-corrected chi connectivity index (χ0v) is 13.2. The lowest BCUT2D eigenvalue weighted by Crippen LogP contribution is -2.31. The summed E-state index contributed by atoms with van der Waals surface area (Å²) in [5, 5.41) is 2.94. The summed E-state index contributed by atoms with van der Waals surface area (Å²) in [6.07, 6.45) is 2.53. The number of likely N-dealkylation sites (tertiary alicyclic amines) is 1. The van der Waals surface area contributed by atoms with Gasteiger partial charge >= 0.3 is 0 Å². The van der Waals surface area contributed by atoms with Crippen LogP contribution in [0.15, 0.2) is 30.6 Å². The van der Waals surface area contributed by atoms with Crippen molar-refractivity contribution in [2.45, 2.75) is 19.9 Å². The van der Waals surface area contributed by atoms with E-state index in [0.717, 1.165) is 30.8 Å². The van der Waals surface area contributed by atoms with Crippen molar-refractivity contribution >= 4 is 5.91 Å². The fourth-order valence-electron chi connectivity index (χ4n) is 3.00. The Kier molecular flexibility index (Phi) is 4.71. The molecule has 6 heteroatoms. The molecule has 0 radical (unpaired) electrons. The minimum absolute atomic E-state index is 0.142. The normalized spacial score (nSPS) is 18.3. The van der Waals surface area contributed by atoms with Gasteiger partial charge in [0.05, 0.1) is 6.33 Å². The van der Waals surface area contributed by atoms with Crippen LogP contribution < -0.4 is 5.32 Å². The van der Waals surface area contributed by atoms with Gasteiger partial charge in [0.25, 0.3) is 5.91 Å². The Balaban J connectivity index is 1.48. The van der Waals surface area contributed by atoms with Gasteiger partial charge in [-0.15, -0.1) is 0 Å². The molecule has 0 spiro atoms. The van der Waals surface area contributed by atoms with Crippen LogP contribution in [0.3, 0.4) is 0 Å². The number of nitrogens with zero attached hydrogens (tertiary/aromatic N) is 2. The molecule has 2 aromatic rings. The van der Waals surface area contributed by atoms with Crippen LogP contribution in [-0.4, -0.2) is 40.4 Å². The first kappa shape index (κ1) is 15.7. The maximum absolute atomic E-state index is 13.7. The molecular formula is C17H21FN4O. The molecule has 3 rings (SSSR count). The summed E-state index contributed by atoms with van der Waals surface area (Å²) < 4.78 is 13.7. The number of aromatic nitrogens is 2.